The van der Waals surface area contributed by atoms with Gasteiger partial charge in [-0.25, -0.2) is 37.5 Å². The van der Waals surface area contributed by atoms with Crippen molar-refractivity contribution in [2.45, 2.75) is 118 Å². The molecule has 4 amide bonds. The number of nitrogens with one attached hydrogen (secondary N) is 8. The smallest absolute Gasteiger partial charge is 0.257 e. The van der Waals surface area contributed by atoms with Crippen molar-refractivity contribution in [3.63, 3.8) is 0 Å². The minimum atomic E-state index is -0.671. The number of pyridine rings is 4. The van der Waals surface area contributed by atoms with Gasteiger partial charge in [0.1, 0.15) is 69.9 Å². The number of nitrogens with zero attached hydrogens (tertiary/aromatic N) is 8. The predicted molar refractivity (Wildman–Crippen MR) is 536 cm³/mol. The SMILES string of the molecule is Cc1ccc(CC(=O)c2ccc(C(=N)N3CCCC3)cc2F)c(C(=O)Nc2ccc(Br)cn2)c1.Cc1ccc(CC(=O)c2ccc(C(=N)N3CCCC3)cc2F)c(C(=O)Nc2ccc(Cl)cn2)c1.Cc1ccc(CC(=O)c2ccc(C(=N)N3CCCCC3)cc2F)c(C(=O)Nc2ccc(Br)cn2)c1.Cc1ccc(CC(=O)c2ccc(C(=N)N3CCCCC3)cc2F)c(C(=O)Nc2ccc(Cl)cn2)c1. The molecule has 0 unspecified atom stereocenters. The normalized spacial score (nSPS) is 13.2. The summed E-state index contributed by atoms with van der Waals surface area (Å²) in [7, 11) is 0. The van der Waals surface area contributed by atoms with Crippen LogP contribution in [0.4, 0.5) is 40.8 Å². The van der Waals surface area contributed by atoms with Gasteiger partial charge in [0, 0.05) is 156 Å². The topological polar surface area (TPSA) is 345 Å². The Labute approximate surface area is 823 Å². The monoisotopic (exact) mass is 2030 g/mol. The molecule has 708 valence electrons. The van der Waals surface area contributed by atoms with E-state index < -0.39 is 70.0 Å². The molecule has 4 aliphatic rings. The van der Waals surface area contributed by atoms with Crippen molar-refractivity contribution in [3.8, 4) is 0 Å². The number of ketones is 4. The number of hydrogen-bond donors (Lipinski definition) is 8. The van der Waals surface area contributed by atoms with Crippen LogP contribution in [0.3, 0.4) is 0 Å². The first-order valence-corrected chi connectivity index (χ1v) is 47.4. The van der Waals surface area contributed by atoms with E-state index in [0.717, 1.165) is 148 Å². The Bertz CT molecular complexity index is 6240. The van der Waals surface area contributed by atoms with E-state index in [9.17, 15) is 55.9 Å². The first-order valence-electron chi connectivity index (χ1n) is 45.0. The lowest BCUT2D eigenvalue weighted by Crippen LogP contribution is -2.35. The molecule has 32 heteroatoms. The van der Waals surface area contributed by atoms with Gasteiger partial charge in [-0.15, -0.1) is 0 Å². The maximum absolute atomic E-state index is 14.9. The summed E-state index contributed by atoms with van der Waals surface area (Å²) in [6, 6.07) is 51.3. The van der Waals surface area contributed by atoms with Gasteiger partial charge in [-0.05, 0) is 267 Å². The Kier molecular flexibility index (Phi) is 35.1. The van der Waals surface area contributed by atoms with Crippen LogP contribution in [0.2, 0.25) is 10.0 Å². The second-order valence-corrected chi connectivity index (χ2v) is 36.7. The number of amidine groups is 4. The van der Waals surface area contributed by atoms with E-state index in [0.29, 0.717) is 100 Å². The number of carbonyl (C=O) groups excluding carboxylic acids is 8. The van der Waals surface area contributed by atoms with Gasteiger partial charge < -0.3 is 40.9 Å². The van der Waals surface area contributed by atoms with Crippen LogP contribution in [0.25, 0.3) is 0 Å². The highest BCUT2D eigenvalue weighted by molar-refractivity contribution is 9.10. The fraction of sp³-hybridized carbons (Fsp3) is 0.245. The average Bonchev–Trinajstić information content (AvgIpc) is 0.981. The van der Waals surface area contributed by atoms with Crippen LogP contribution in [-0.2, 0) is 25.7 Å². The Morgan fingerprint density at radius 1 is 0.290 bits per heavy atom. The number of benzene rings is 8. The summed E-state index contributed by atoms with van der Waals surface area (Å²) in [5.74, 6) is -3.52. The van der Waals surface area contributed by atoms with Crippen molar-refractivity contribution >= 4 is 148 Å². The van der Waals surface area contributed by atoms with Crippen LogP contribution >= 0.6 is 55.1 Å². The molecule has 8 aromatic carbocycles. The second-order valence-electron chi connectivity index (χ2n) is 34.0. The minimum absolute atomic E-state index is 0.0540. The summed E-state index contributed by atoms with van der Waals surface area (Å²) in [6.07, 6.45) is 15.9. The van der Waals surface area contributed by atoms with Gasteiger partial charge in [0.15, 0.2) is 23.1 Å². The number of amides is 4. The minimum Gasteiger partial charge on any atom is -0.357 e. The van der Waals surface area contributed by atoms with Crippen LogP contribution in [0.5, 0.6) is 0 Å². The lowest BCUT2D eigenvalue weighted by molar-refractivity contribution is 0.0976. The highest BCUT2D eigenvalue weighted by Gasteiger charge is 2.29. The largest absolute Gasteiger partial charge is 0.357 e. The maximum atomic E-state index is 14.9. The number of likely N-dealkylation sites (tertiary alicyclic amines) is 4. The van der Waals surface area contributed by atoms with Gasteiger partial charge in [0.25, 0.3) is 23.6 Å². The molecule has 0 atom stereocenters. The molecule has 0 bridgehead atoms. The van der Waals surface area contributed by atoms with E-state index in [2.05, 4.69) is 73.1 Å². The Morgan fingerprint density at radius 3 is 0.710 bits per heavy atom. The molecule has 4 aromatic heterocycles. The third-order valence-electron chi connectivity index (χ3n) is 23.7. The number of aromatic nitrogens is 4. The first-order chi connectivity index (χ1) is 66.3. The van der Waals surface area contributed by atoms with E-state index in [-0.39, 0.29) is 71.3 Å². The molecule has 4 aliphatic heterocycles. The van der Waals surface area contributed by atoms with Crippen molar-refractivity contribution in [1.82, 2.24) is 39.5 Å². The molecular weight excluding hydrogens is 1930 g/mol. The maximum Gasteiger partial charge on any atom is 0.257 e. The Hall–Kier alpha value is -13.9. The van der Waals surface area contributed by atoms with Crippen molar-refractivity contribution in [1.29, 1.82) is 21.6 Å². The molecule has 8 heterocycles. The summed E-state index contributed by atoms with van der Waals surface area (Å²) in [4.78, 5) is 128. The van der Waals surface area contributed by atoms with Crippen LogP contribution in [-0.4, -0.2) is 162 Å². The number of Topliss-reactive ketones (excluding diaryl/α,β-unsaturated/α-hetero) is 4. The van der Waals surface area contributed by atoms with E-state index in [1.54, 1.807) is 146 Å². The molecular formula is C106H100Br2Cl2F4N16O8. The molecule has 8 N–H and O–H groups in total. The summed E-state index contributed by atoms with van der Waals surface area (Å²) < 4.78 is 61.2. The lowest BCUT2D eigenvalue weighted by atomic mass is 9.95. The molecule has 0 saturated carbocycles. The molecule has 16 rings (SSSR count). The molecule has 0 radical (unpaired) electrons. The Morgan fingerprint density at radius 2 is 0.507 bits per heavy atom. The fourth-order valence-corrected chi connectivity index (χ4v) is 16.9. The number of piperidine rings is 2. The third kappa shape index (κ3) is 27.3. The van der Waals surface area contributed by atoms with E-state index in [4.69, 9.17) is 44.8 Å². The number of halogens is 8. The molecule has 0 spiro atoms. The molecule has 4 saturated heterocycles. The van der Waals surface area contributed by atoms with Crippen molar-refractivity contribution in [3.05, 3.63) is 372 Å². The number of hydrogen-bond acceptors (Lipinski definition) is 16. The standard InChI is InChI=1S/C27H26BrFN4O2.C27H26ClFN4O2.C26H24BrFN4O2.C26H24ClFN4O2/c2*1-17-5-6-18(22(13-17)27(35)32-25-10-8-20(28)16-31-25)15-24(34)21-9-7-19(14-23(21)29)26(30)33-11-3-2-4-12-33;2*1-16-4-5-17(21(12-16)26(34)31-24-9-7-19(27)15-30-24)14-23(33)20-8-6-18(13-22(20)28)25(29)32-10-2-3-11-32/h2*5-10,13-14,16,30H,2-4,11-12,15H2,1H3,(H,31,32,35);2*4-9,12-13,15,29H,2-3,10-11,14H2,1H3,(H,30,31,34). The summed E-state index contributed by atoms with van der Waals surface area (Å²) in [5.41, 5.74) is 8.27. The fourth-order valence-electron chi connectivity index (χ4n) is 16.2. The zero-order chi connectivity index (χ0) is 98.4. The van der Waals surface area contributed by atoms with Gasteiger partial charge in [-0.1, -0.05) is 118 Å². The highest BCUT2D eigenvalue weighted by Crippen LogP contribution is 2.30. The van der Waals surface area contributed by atoms with Crippen molar-refractivity contribution in [2.75, 3.05) is 73.6 Å². The summed E-state index contributed by atoms with van der Waals surface area (Å²) >= 11 is 18.3. The predicted octanol–water partition coefficient (Wildman–Crippen LogP) is 22.1. The zero-order valence-corrected chi connectivity index (χ0v) is 80.9. The highest BCUT2D eigenvalue weighted by atomic mass is 79.9. The summed E-state index contributed by atoms with van der Waals surface area (Å²) in [6.45, 7) is 13.7. The van der Waals surface area contributed by atoms with E-state index in [1.807, 2.05) is 59.4 Å². The van der Waals surface area contributed by atoms with Crippen molar-refractivity contribution in [2.24, 2.45) is 0 Å². The number of anilines is 4. The first kappa shape index (κ1) is 101. The van der Waals surface area contributed by atoms with Crippen LogP contribution in [0.15, 0.2) is 228 Å². The van der Waals surface area contributed by atoms with E-state index in [1.165, 1.54) is 60.9 Å². The zero-order valence-electron chi connectivity index (χ0n) is 76.2. The molecule has 0 aliphatic carbocycles. The third-order valence-corrected chi connectivity index (χ3v) is 25.1. The van der Waals surface area contributed by atoms with Gasteiger partial charge in [0.2, 0.25) is 0 Å². The second kappa shape index (κ2) is 47.7. The number of carbonyl (C=O) groups is 8. The van der Waals surface area contributed by atoms with Gasteiger partial charge in [-0.3, -0.25) is 60.0 Å². The van der Waals surface area contributed by atoms with Gasteiger partial charge in [-0.2, -0.15) is 0 Å². The van der Waals surface area contributed by atoms with Crippen molar-refractivity contribution < 1.29 is 55.9 Å². The summed E-state index contributed by atoms with van der Waals surface area (Å²) in [5, 5.41) is 45.2. The molecule has 4 fully saturated rings. The van der Waals surface area contributed by atoms with Crippen LogP contribution in [0.1, 0.15) is 214 Å². The lowest BCUT2D eigenvalue weighted by Gasteiger charge is -2.29. The quantitative estimate of drug-likeness (QED) is 0.0121. The average molecular weight is 2030 g/mol. The molecule has 12 aromatic rings. The molecule has 138 heavy (non-hydrogen) atoms. The van der Waals surface area contributed by atoms with Crippen LogP contribution in [0, 0.1) is 72.6 Å². The van der Waals surface area contributed by atoms with Gasteiger partial charge in [0.05, 0.1) is 32.3 Å². The number of aryl methyl sites for hydroxylation is 4. The van der Waals surface area contributed by atoms with Crippen LogP contribution < -0.4 is 21.3 Å². The van der Waals surface area contributed by atoms with E-state index >= 15 is 0 Å². The molecule has 24 nitrogen and oxygen atoms in total. The van der Waals surface area contributed by atoms with Gasteiger partial charge >= 0.3 is 0 Å². The number of rotatable bonds is 24. The Balaban J connectivity index is 0.000000155.